The fourth-order valence-electron chi connectivity index (χ4n) is 3.74. The Bertz CT molecular complexity index is 1200. The van der Waals surface area contributed by atoms with Crippen LogP contribution >= 0.6 is 0 Å². The van der Waals surface area contributed by atoms with Crippen molar-refractivity contribution in [2.75, 3.05) is 0 Å². The Balaban J connectivity index is 1.92. The van der Waals surface area contributed by atoms with Gasteiger partial charge in [0.1, 0.15) is 17.4 Å². The fraction of sp³-hybridized carbons (Fsp3) is 0.167. The zero-order valence-electron chi connectivity index (χ0n) is 16.3. The average Bonchev–Trinajstić information content (AvgIpc) is 2.71. The first-order chi connectivity index (χ1) is 14.0. The number of pyridine rings is 1. The molecule has 5 nitrogen and oxygen atoms in total. The molecule has 2 heterocycles. The van der Waals surface area contributed by atoms with Crippen LogP contribution in [0.15, 0.2) is 76.9 Å². The third-order valence-electron chi connectivity index (χ3n) is 5.28. The minimum atomic E-state index is -0.556. The zero-order chi connectivity index (χ0) is 20.5. The number of hydrogen-bond donors (Lipinski definition) is 1. The molecule has 1 aliphatic heterocycles. The molecule has 1 atom stereocenters. The molecule has 0 saturated heterocycles. The smallest absolute Gasteiger partial charge is 0.259 e. The lowest BCUT2D eigenvalue weighted by Gasteiger charge is -2.27. The number of nitrogens with two attached hydrogens (primary N) is 1. The molecule has 2 N–H and O–H groups in total. The van der Waals surface area contributed by atoms with Crippen LogP contribution in [0.25, 0.3) is 0 Å². The Labute approximate surface area is 169 Å². The number of hydrogen-bond acceptors (Lipinski definition) is 4. The predicted molar refractivity (Wildman–Crippen MR) is 111 cm³/mol. The van der Waals surface area contributed by atoms with Crippen LogP contribution in [0, 0.1) is 25.2 Å². The number of nitrogens with zero attached hydrogens (tertiary/aromatic N) is 2. The van der Waals surface area contributed by atoms with E-state index in [1.807, 2.05) is 74.5 Å². The monoisotopic (exact) mass is 383 g/mol. The molecule has 5 heteroatoms. The molecule has 0 bridgehead atoms. The molecule has 0 fully saturated rings. The first-order valence-electron chi connectivity index (χ1n) is 9.42. The van der Waals surface area contributed by atoms with Gasteiger partial charge in [-0.1, -0.05) is 60.2 Å². The summed E-state index contributed by atoms with van der Waals surface area (Å²) >= 11 is 0. The summed E-state index contributed by atoms with van der Waals surface area (Å²) in [4.78, 5) is 13.6. The van der Waals surface area contributed by atoms with Crippen molar-refractivity contribution < 1.29 is 4.74 Å². The van der Waals surface area contributed by atoms with Crippen molar-refractivity contribution in [3.05, 3.63) is 110 Å². The lowest BCUT2D eigenvalue weighted by Crippen LogP contribution is -2.33. The highest BCUT2D eigenvalue weighted by Gasteiger charge is 2.34. The third kappa shape index (κ3) is 3.30. The van der Waals surface area contributed by atoms with Gasteiger partial charge in [0.25, 0.3) is 5.56 Å². The van der Waals surface area contributed by atoms with E-state index in [9.17, 15) is 10.1 Å². The molecule has 1 aliphatic rings. The normalized spacial score (nSPS) is 15.4. The molecular formula is C24H21N3O2. The highest BCUT2D eigenvalue weighted by molar-refractivity contribution is 5.55. The Morgan fingerprint density at radius 1 is 1.10 bits per heavy atom. The summed E-state index contributed by atoms with van der Waals surface area (Å²) in [6.45, 7) is 4.31. The van der Waals surface area contributed by atoms with E-state index in [0.717, 1.165) is 22.4 Å². The van der Waals surface area contributed by atoms with Crippen LogP contribution in [-0.2, 0) is 6.54 Å². The second kappa shape index (κ2) is 7.33. The Kier molecular flexibility index (Phi) is 4.69. The minimum absolute atomic E-state index is 0.0465. The maximum absolute atomic E-state index is 13.6. The Morgan fingerprint density at radius 3 is 2.45 bits per heavy atom. The topological polar surface area (TPSA) is 81.0 Å². The van der Waals surface area contributed by atoms with Gasteiger partial charge in [0.2, 0.25) is 5.88 Å². The van der Waals surface area contributed by atoms with Gasteiger partial charge in [0.05, 0.1) is 18.0 Å². The van der Waals surface area contributed by atoms with E-state index in [0.29, 0.717) is 17.9 Å². The average molecular weight is 383 g/mol. The molecular weight excluding hydrogens is 362 g/mol. The first kappa shape index (κ1) is 18.6. The van der Waals surface area contributed by atoms with Gasteiger partial charge in [-0.2, -0.15) is 5.26 Å². The minimum Gasteiger partial charge on any atom is -0.440 e. The van der Waals surface area contributed by atoms with E-state index in [1.54, 1.807) is 4.57 Å². The van der Waals surface area contributed by atoms with Crippen molar-refractivity contribution in [2.24, 2.45) is 5.73 Å². The maximum Gasteiger partial charge on any atom is 0.259 e. The fourth-order valence-corrected chi connectivity index (χ4v) is 3.74. The number of ether oxygens (including phenoxy) is 1. The van der Waals surface area contributed by atoms with Crippen molar-refractivity contribution in [1.82, 2.24) is 4.57 Å². The van der Waals surface area contributed by atoms with Crippen molar-refractivity contribution >= 4 is 0 Å². The van der Waals surface area contributed by atoms with Crippen molar-refractivity contribution in [2.45, 2.75) is 26.3 Å². The summed E-state index contributed by atoms with van der Waals surface area (Å²) < 4.78 is 7.42. The molecule has 29 heavy (non-hydrogen) atoms. The number of rotatable bonds is 3. The molecule has 2 aromatic carbocycles. The lowest BCUT2D eigenvalue weighted by molar-refractivity contribution is 0.389. The Morgan fingerprint density at radius 2 is 1.79 bits per heavy atom. The molecule has 144 valence electrons. The summed E-state index contributed by atoms with van der Waals surface area (Å²) in [7, 11) is 0. The van der Waals surface area contributed by atoms with Gasteiger partial charge in [-0.25, -0.2) is 0 Å². The number of nitriles is 1. The molecule has 0 radical (unpaired) electrons. The van der Waals surface area contributed by atoms with E-state index in [1.165, 1.54) is 0 Å². The van der Waals surface area contributed by atoms with Gasteiger partial charge in [-0.3, -0.25) is 4.79 Å². The van der Waals surface area contributed by atoms with Gasteiger partial charge in [-0.15, -0.1) is 0 Å². The highest BCUT2D eigenvalue weighted by atomic mass is 16.5. The van der Waals surface area contributed by atoms with E-state index in [2.05, 4.69) is 6.07 Å². The molecule has 0 saturated carbocycles. The SMILES string of the molecule is Cc1ccc([C@@H]2C(C#N)=C(N)Oc3cc(C)n(Cc4ccccc4)c(=O)c32)cc1. The van der Waals surface area contributed by atoms with Crippen LogP contribution in [0.3, 0.4) is 0 Å². The summed E-state index contributed by atoms with van der Waals surface area (Å²) in [5.74, 6) is -0.0939. The summed E-state index contributed by atoms with van der Waals surface area (Å²) in [5.41, 5.74) is 10.3. The van der Waals surface area contributed by atoms with E-state index in [-0.39, 0.29) is 17.0 Å². The van der Waals surface area contributed by atoms with Crippen LogP contribution in [0.5, 0.6) is 5.75 Å². The summed E-state index contributed by atoms with van der Waals surface area (Å²) in [6, 6.07) is 21.6. The number of allylic oxidation sites excluding steroid dienone is 1. The van der Waals surface area contributed by atoms with Crippen molar-refractivity contribution in [1.29, 1.82) is 5.26 Å². The largest absolute Gasteiger partial charge is 0.440 e. The van der Waals surface area contributed by atoms with E-state index in [4.69, 9.17) is 10.5 Å². The van der Waals surface area contributed by atoms with Crippen molar-refractivity contribution in [3.8, 4) is 11.8 Å². The van der Waals surface area contributed by atoms with Crippen molar-refractivity contribution in [3.63, 3.8) is 0 Å². The van der Waals surface area contributed by atoms with Gasteiger partial charge < -0.3 is 15.0 Å². The second-order valence-corrected chi connectivity index (χ2v) is 7.28. The van der Waals surface area contributed by atoms with E-state index < -0.39 is 5.92 Å². The standard InChI is InChI=1S/C24H21N3O2/c1-15-8-10-18(11-9-15)21-19(13-25)23(26)29-20-12-16(2)27(24(28)22(20)21)14-17-6-4-3-5-7-17/h3-12,21H,14,26H2,1-2H3/t21-/m1/s1. The molecule has 4 rings (SSSR count). The lowest BCUT2D eigenvalue weighted by atomic mass is 9.83. The first-order valence-corrected chi connectivity index (χ1v) is 9.42. The molecule has 0 unspecified atom stereocenters. The van der Waals surface area contributed by atoms with E-state index >= 15 is 0 Å². The predicted octanol–water partition coefficient (Wildman–Crippen LogP) is 3.73. The van der Waals surface area contributed by atoms with Gasteiger partial charge in [0.15, 0.2) is 0 Å². The molecule has 1 aromatic heterocycles. The quantitative estimate of drug-likeness (QED) is 0.747. The summed E-state index contributed by atoms with van der Waals surface area (Å²) in [6.07, 6.45) is 0. The molecule has 0 aliphatic carbocycles. The van der Waals surface area contributed by atoms with Gasteiger partial charge in [0, 0.05) is 11.8 Å². The van der Waals surface area contributed by atoms with Crippen LogP contribution in [0.1, 0.15) is 33.9 Å². The maximum atomic E-state index is 13.6. The molecule has 0 amide bonds. The van der Waals surface area contributed by atoms with Gasteiger partial charge in [-0.05, 0) is 25.0 Å². The number of aromatic nitrogens is 1. The zero-order valence-corrected chi connectivity index (χ0v) is 16.3. The van der Waals surface area contributed by atoms with Crippen LogP contribution in [0.4, 0.5) is 0 Å². The van der Waals surface area contributed by atoms with Gasteiger partial charge >= 0.3 is 0 Å². The number of aryl methyl sites for hydroxylation is 2. The Hall–Kier alpha value is -3.78. The molecule has 0 spiro atoms. The highest BCUT2D eigenvalue weighted by Crippen LogP contribution is 2.40. The van der Waals surface area contributed by atoms with Crippen LogP contribution < -0.4 is 16.0 Å². The number of fused-ring (bicyclic) bond motifs is 1. The third-order valence-corrected chi connectivity index (χ3v) is 5.28. The van der Waals surface area contributed by atoms with Crippen LogP contribution in [-0.4, -0.2) is 4.57 Å². The summed E-state index contributed by atoms with van der Waals surface area (Å²) in [5, 5.41) is 9.75. The molecule has 3 aromatic rings. The van der Waals surface area contributed by atoms with Crippen LogP contribution in [0.2, 0.25) is 0 Å². The number of benzene rings is 2. The second-order valence-electron chi connectivity index (χ2n) is 7.28.